The largest absolute Gasteiger partial charge is 0.357 e. The number of rotatable bonds is 9. The second-order valence-electron chi connectivity index (χ2n) is 5.79. The van der Waals surface area contributed by atoms with Crippen molar-refractivity contribution in [2.24, 2.45) is 4.99 Å². The minimum atomic E-state index is -0.184. The SMILES string of the molecule is CCNC(=NCCN(CC)C(C)C)NCCc1cccc(F)c1.I. The lowest BCUT2D eigenvalue weighted by Crippen LogP contribution is -2.39. The normalized spacial score (nSPS) is 11.5. The molecule has 0 saturated heterocycles. The lowest BCUT2D eigenvalue weighted by molar-refractivity contribution is 0.240. The quantitative estimate of drug-likeness (QED) is 0.345. The van der Waals surface area contributed by atoms with Gasteiger partial charge in [0.1, 0.15) is 5.82 Å². The van der Waals surface area contributed by atoms with Crippen molar-refractivity contribution in [3.63, 3.8) is 0 Å². The Balaban J connectivity index is 0.00000529. The summed E-state index contributed by atoms with van der Waals surface area (Å²) in [6.07, 6.45) is 0.773. The summed E-state index contributed by atoms with van der Waals surface area (Å²) in [5.74, 6) is 0.639. The molecule has 0 bridgehead atoms. The third-order valence-electron chi connectivity index (χ3n) is 3.73. The van der Waals surface area contributed by atoms with Gasteiger partial charge in [0.25, 0.3) is 0 Å². The summed E-state index contributed by atoms with van der Waals surface area (Å²) in [6, 6.07) is 7.27. The molecule has 0 saturated carbocycles. The minimum absolute atomic E-state index is 0. The zero-order valence-corrected chi connectivity index (χ0v) is 17.6. The lowest BCUT2D eigenvalue weighted by atomic mass is 10.1. The van der Waals surface area contributed by atoms with Gasteiger partial charge in [-0.15, -0.1) is 24.0 Å². The monoisotopic (exact) mass is 450 g/mol. The Labute approximate surface area is 163 Å². The van der Waals surface area contributed by atoms with Crippen molar-refractivity contribution in [3.05, 3.63) is 35.6 Å². The molecule has 6 heteroatoms. The molecule has 0 spiro atoms. The zero-order chi connectivity index (χ0) is 17.1. The Morgan fingerprint density at radius 1 is 1.25 bits per heavy atom. The van der Waals surface area contributed by atoms with E-state index in [-0.39, 0.29) is 29.8 Å². The van der Waals surface area contributed by atoms with Crippen molar-refractivity contribution < 1.29 is 4.39 Å². The molecule has 1 rings (SSSR count). The van der Waals surface area contributed by atoms with Crippen LogP contribution in [-0.2, 0) is 6.42 Å². The van der Waals surface area contributed by atoms with E-state index in [1.807, 2.05) is 6.07 Å². The highest BCUT2D eigenvalue weighted by molar-refractivity contribution is 14.0. The van der Waals surface area contributed by atoms with Crippen LogP contribution in [0.2, 0.25) is 0 Å². The molecule has 1 aromatic carbocycles. The second kappa shape index (κ2) is 13.4. The Morgan fingerprint density at radius 3 is 2.58 bits per heavy atom. The molecule has 138 valence electrons. The Bertz CT molecular complexity index is 480. The average molecular weight is 450 g/mol. The van der Waals surface area contributed by atoms with E-state index in [1.165, 1.54) is 6.07 Å². The highest BCUT2D eigenvalue weighted by Crippen LogP contribution is 2.03. The van der Waals surface area contributed by atoms with Crippen LogP contribution in [0.5, 0.6) is 0 Å². The van der Waals surface area contributed by atoms with E-state index in [4.69, 9.17) is 0 Å². The van der Waals surface area contributed by atoms with Crippen LogP contribution in [0.1, 0.15) is 33.3 Å². The highest BCUT2D eigenvalue weighted by Gasteiger charge is 2.06. The summed E-state index contributed by atoms with van der Waals surface area (Å²) in [4.78, 5) is 7.00. The van der Waals surface area contributed by atoms with Gasteiger partial charge in [0, 0.05) is 25.7 Å². The maximum Gasteiger partial charge on any atom is 0.191 e. The number of aliphatic imine (C=N–C) groups is 1. The molecular formula is C18H32FIN4. The predicted molar refractivity (Wildman–Crippen MR) is 112 cm³/mol. The average Bonchev–Trinajstić information content (AvgIpc) is 2.51. The molecule has 0 amide bonds. The molecule has 0 unspecified atom stereocenters. The number of guanidine groups is 1. The van der Waals surface area contributed by atoms with Gasteiger partial charge in [-0.25, -0.2) is 4.39 Å². The fourth-order valence-corrected chi connectivity index (χ4v) is 2.43. The maximum absolute atomic E-state index is 13.2. The predicted octanol–water partition coefficient (Wildman–Crippen LogP) is 3.27. The standard InChI is InChI=1S/C18H31FN4.HI/c1-5-20-18(22-12-13-23(6-2)15(3)4)21-11-10-16-8-7-9-17(19)14-16;/h7-9,14-15H,5-6,10-13H2,1-4H3,(H2,20,21,22);1H. The first-order valence-corrected chi connectivity index (χ1v) is 8.57. The van der Waals surface area contributed by atoms with Crippen molar-refractivity contribution in [2.45, 2.75) is 40.2 Å². The second-order valence-corrected chi connectivity index (χ2v) is 5.79. The van der Waals surface area contributed by atoms with E-state index >= 15 is 0 Å². The molecule has 0 radical (unpaired) electrons. The first-order chi connectivity index (χ1) is 11.1. The van der Waals surface area contributed by atoms with Crippen LogP contribution >= 0.6 is 24.0 Å². The first-order valence-electron chi connectivity index (χ1n) is 8.57. The van der Waals surface area contributed by atoms with Gasteiger partial charge < -0.3 is 10.6 Å². The molecule has 0 aromatic heterocycles. The summed E-state index contributed by atoms with van der Waals surface area (Å²) in [7, 11) is 0. The molecule has 0 heterocycles. The summed E-state index contributed by atoms with van der Waals surface area (Å²) < 4.78 is 13.2. The van der Waals surface area contributed by atoms with Crippen molar-refractivity contribution >= 4 is 29.9 Å². The smallest absolute Gasteiger partial charge is 0.191 e. The molecule has 4 nitrogen and oxygen atoms in total. The van der Waals surface area contributed by atoms with E-state index in [0.717, 1.165) is 50.7 Å². The van der Waals surface area contributed by atoms with Crippen LogP contribution in [0, 0.1) is 5.82 Å². The molecule has 2 N–H and O–H groups in total. The van der Waals surface area contributed by atoms with Gasteiger partial charge >= 0.3 is 0 Å². The van der Waals surface area contributed by atoms with Crippen molar-refractivity contribution in [3.8, 4) is 0 Å². The van der Waals surface area contributed by atoms with Crippen LogP contribution in [-0.4, -0.2) is 49.6 Å². The van der Waals surface area contributed by atoms with E-state index < -0.39 is 0 Å². The van der Waals surface area contributed by atoms with Crippen molar-refractivity contribution in [2.75, 3.05) is 32.7 Å². The van der Waals surface area contributed by atoms with Crippen LogP contribution in [0.15, 0.2) is 29.3 Å². The number of hydrogen-bond acceptors (Lipinski definition) is 2. The van der Waals surface area contributed by atoms with Gasteiger partial charge in [0.05, 0.1) is 6.54 Å². The molecule has 0 aliphatic rings. The van der Waals surface area contributed by atoms with Gasteiger partial charge in [0.15, 0.2) is 5.96 Å². The van der Waals surface area contributed by atoms with Gasteiger partial charge in [-0.3, -0.25) is 9.89 Å². The lowest BCUT2D eigenvalue weighted by Gasteiger charge is -2.23. The topological polar surface area (TPSA) is 39.7 Å². The van der Waals surface area contributed by atoms with E-state index in [2.05, 4.69) is 48.2 Å². The number of benzene rings is 1. The summed E-state index contributed by atoms with van der Waals surface area (Å²) in [6.45, 7) is 12.9. The fourth-order valence-electron chi connectivity index (χ4n) is 2.43. The highest BCUT2D eigenvalue weighted by atomic mass is 127. The third kappa shape index (κ3) is 9.42. The molecule has 0 aliphatic heterocycles. The number of hydrogen-bond donors (Lipinski definition) is 2. The van der Waals surface area contributed by atoms with Gasteiger partial charge in [-0.05, 0) is 51.4 Å². The molecular weight excluding hydrogens is 418 g/mol. The minimum Gasteiger partial charge on any atom is -0.357 e. The van der Waals surface area contributed by atoms with Crippen molar-refractivity contribution in [1.82, 2.24) is 15.5 Å². The van der Waals surface area contributed by atoms with E-state index in [9.17, 15) is 4.39 Å². The maximum atomic E-state index is 13.2. The zero-order valence-electron chi connectivity index (χ0n) is 15.3. The van der Waals surface area contributed by atoms with Gasteiger partial charge in [0.2, 0.25) is 0 Å². The van der Waals surface area contributed by atoms with E-state index in [1.54, 1.807) is 12.1 Å². The van der Waals surface area contributed by atoms with Crippen LogP contribution < -0.4 is 10.6 Å². The Morgan fingerprint density at radius 2 is 2.00 bits per heavy atom. The molecule has 0 aliphatic carbocycles. The number of nitrogens with zero attached hydrogens (tertiary/aromatic N) is 2. The van der Waals surface area contributed by atoms with Crippen LogP contribution in [0.4, 0.5) is 4.39 Å². The van der Waals surface area contributed by atoms with Crippen LogP contribution in [0.25, 0.3) is 0 Å². The number of halogens is 2. The van der Waals surface area contributed by atoms with Crippen molar-refractivity contribution in [1.29, 1.82) is 0 Å². The number of nitrogens with one attached hydrogen (secondary N) is 2. The molecule has 0 fully saturated rings. The summed E-state index contributed by atoms with van der Waals surface area (Å²) >= 11 is 0. The number of likely N-dealkylation sites (N-methyl/N-ethyl adjacent to an activating group) is 1. The van der Waals surface area contributed by atoms with Gasteiger partial charge in [-0.1, -0.05) is 19.1 Å². The van der Waals surface area contributed by atoms with Gasteiger partial charge in [-0.2, -0.15) is 0 Å². The Hall–Kier alpha value is -0.890. The van der Waals surface area contributed by atoms with Crippen LogP contribution in [0.3, 0.4) is 0 Å². The fraction of sp³-hybridized carbons (Fsp3) is 0.611. The summed E-state index contributed by atoms with van der Waals surface area (Å²) in [5.41, 5.74) is 0.991. The molecule has 0 atom stereocenters. The molecule has 1 aromatic rings. The first kappa shape index (κ1) is 23.1. The summed E-state index contributed by atoms with van der Waals surface area (Å²) in [5, 5.41) is 6.56. The Kier molecular flexibility index (Phi) is 12.9. The van der Waals surface area contributed by atoms with E-state index in [0.29, 0.717) is 6.04 Å². The molecule has 24 heavy (non-hydrogen) atoms. The third-order valence-corrected chi connectivity index (χ3v) is 3.73.